The number of hydrogen-bond acceptors (Lipinski definition) is 7. The molecular weight excluding hydrogens is 334 g/mol. The van der Waals surface area contributed by atoms with Gasteiger partial charge in [-0.05, 0) is 24.6 Å². The van der Waals surface area contributed by atoms with Crippen molar-refractivity contribution in [2.45, 2.75) is 6.92 Å². The van der Waals surface area contributed by atoms with Crippen molar-refractivity contribution in [1.82, 2.24) is 19.8 Å². The minimum Gasteiger partial charge on any atom is -0.259 e. The minimum absolute atomic E-state index is 0.0419. The normalized spacial score (nSPS) is 11.8. The molecular formula is C17H13N7O2. The molecule has 9 heteroatoms. The van der Waals surface area contributed by atoms with Gasteiger partial charge in [0.25, 0.3) is 5.69 Å². The largest absolute Gasteiger partial charge is 0.269 e. The Morgan fingerprint density at radius 2 is 1.88 bits per heavy atom. The lowest BCUT2D eigenvalue weighted by atomic mass is 10.1. The van der Waals surface area contributed by atoms with Crippen molar-refractivity contribution in [3.63, 3.8) is 0 Å². The number of nitro groups is 1. The Bertz CT molecular complexity index is 1150. The Balaban J connectivity index is 1.69. The molecule has 1 N–H and O–H groups in total. The van der Waals surface area contributed by atoms with E-state index < -0.39 is 4.92 Å². The molecule has 0 saturated heterocycles. The number of rotatable bonds is 4. The Kier molecular flexibility index (Phi) is 3.73. The first-order valence-corrected chi connectivity index (χ1v) is 7.77. The SMILES string of the molecule is CC(=NNc1nn2cnnc2c2ccccc12)c1ccc([N+](=O)[O-])cc1. The summed E-state index contributed by atoms with van der Waals surface area (Å²) in [6.45, 7) is 1.81. The van der Waals surface area contributed by atoms with E-state index in [1.54, 1.807) is 16.6 Å². The van der Waals surface area contributed by atoms with Crippen molar-refractivity contribution >= 4 is 33.6 Å². The van der Waals surface area contributed by atoms with Crippen LogP contribution in [0.3, 0.4) is 0 Å². The van der Waals surface area contributed by atoms with Crippen LogP contribution in [0.25, 0.3) is 16.4 Å². The summed E-state index contributed by atoms with van der Waals surface area (Å²) in [5.74, 6) is 0.564. The number of non-ortho nitro benzene ring substituents is 1. The second kappa shape index (κ2) is 6.20. The molecule has 0 aliphatic rings. The van der Waals surface area contributed by atoms with E-state index in [0.717, 1.165) is 16.3 Å². The number of anilines is 1. The van der Waals surface area contributed by atoms with Gasteiger partial charge in [0.05, 0.1) is 10.6 Å². The highest BCUT2D eigenvalue weighted by atomic mass is 16.6. The molecule has 0 atom stereocenters. The number of fused-ring (bicyclic) bond motifs is 3. The van der Waals surface area contributed by atoms with Crippen LogP contribution in [-0.4, -0.2) is 30.4 Å². The van der Waals surface area contributed by atoms with Gasteiger partial charge in [0.1, 0.15) is 6.33 Å². The molecule has 0 amide bonds. The van der Waals surface area contributed by atoms with Crippen molar-refractivity contribution in [2.24, 2.45) is 5.10 Å². The van der Waals surface area contributed by atoms with Gasteiger partial charge in [0, 0.05) is 22.9 Å². The van der Waals surface area contributed by atoms with Gasteiger partial charge in [-0.1, -0.05) is 24.3 Å². The zero-order chi connectivity index (χ0) is 18.1. The van der Waals surface area contributed by atoms with Gasteiger partial charge in [0.15, 0.2) is 11.5 Å². The van der Waals surface area contributed by atoms with Crippen molar-refractivity contribution in [3.05, 3.63) is 70.5 Å². The van der Waals surface area contributed by atoms with E-state index in [0.29, 0.717) is 17.2 Å². The molecule has 128 valence electrons. The summed E-state index contributed by atoms with van der Waals surface area (Å²) in [5.41, 5.74) is 5.13. The standard InChI is InChI=1S/C17H13N7O2/c1-11(12-6-8-13(9-7-12)24(25)26)19-20-16-14-4-2-3-5-15(14)17-21-18-10-23(17)22-16/h2-10H,1H3,(H,20,22). The van der Waals surface area contributed by atoms with E-state index in [4.69, 9.17) is 0 Å². The van der Waals surface area contributed by atoms with Crippen molar-refractivity contribution < 1.29 is 4.92 Å². The summed E-state index contributed by atoms with van der Waals surface area (Å²) < 4.78 is 1.58. The van der Waals surface area contributed by atoms with Crippen LogP contribution in [0.1, 0.15) is 12.5 Å². The van der Waals surface area contributed by atoms with Crippen LogP contribution in [-0.2, 0) is 0 Å². The quantitative estimate of drug-likeness (QED) is 0.345. The van der Waals surface area contributed by atoms with Crippen molar-refractivity contribution in [2.75, 3.05) is 5.43 Å². The highest BCUT2D eigenvalue weighted by molar-refractivity contribution is 6.01. The van der Waals surface area contributed by atoms with E-state index >= 15 is 0 Å². The predicted octanol–water partition coefficient (Wildman–Crippen LogP) is 3.02. The molecule has 0 aliphatic carbocycles. The maximum atomic E-state index is 10.7. The number of hydrogen-bond donors (Lipinski definition) is 1. The second-order valence-electron chi connectivity index (χ2n) is 5.61. The number of nitrogens with zero attached hydrogens (tertiary/aromatic N) is 6. The first-order chi connectivity index (χ1) is 12.6. The van der Waals surface area contributed by atoms with E-state index in [-0.39, 0.29) is 5.69 Å². The predicted molar refractivity (Wildman–Crippen MR) is 97.2 cm³/mol. The van der Waals surface area contributed by atoms with Gasteiger partial charge < -0.3 is 0 Å². The van der Waals surface area contributed by atoms with E-state index in [1.165, 1.54) is 18.5 Å². The third-order valence-electron chi connectivity index (χ3n) is 3.99. The van der Waals surface area contributed by atoms with Crippen LogP contribution in [0.2, 0.25) is 0 Å². The van der Waals surface area contributed by atoms with Gasteiger partial charge >= 0.3 is 0 Å². The van der Waals surface area contributed by atoms with Crippen molar-refractivity contribution in [3.8, 4) is 0 Å². The minimum atomic E-state index is -0.432. The number of aromatic nitrogens is 4. The lowest BCUT2D eigenvalue weighted by Crippen LogP contribution is -2.04. The van der Waals surface area contributed by atoms with E-state index in [1.807, 2.05) is 31.2 Å². The summed E-state index contributed by atoms with van der Waals surface area (Å²) in [5, 5.41) is 29.3. The molecule has 0 saturated carbocycles. The number of nitrogens with one attached hydrogen (secondary N) is 1. The Morgan fingerprint density at radius 3 is 2.62 bits per heavy atom. The molecule has 4 aromatic rings. The average Bonchev–Trinajstić information content (AvgIpc) is 3.14. The Labute approximate surface area is 147 Å². The zero-order valence-electron chi connectivity index (χ0n) is 13.7. The molecule has 4 rings (SSSR count). The van der Waals surface area contributed by atoms with Gasteiger partial charge in [-0.25, -0.2) is 0 Å². The van der Waals surface area contributed by atoms with Crippen LogP contribution in [0.4, 0.5) is 11.5 Å². The highest BCUT2D eigenvalue weighted by Crippen LogP contribution is 2.24. The van der Waals surface area contributed by atoms with Crippen molar-refractivity contribution in [1.29, 1.82) is 0 Å². The molecule has 0 aliphatic heterocycles. The molecule has 2 aromatic heterocycles. The van der Waals surface area contributed by atoms with Crippen LogP contribution in [0.15, 0.2) is 60.0 Å². The maximum absolute atomic E-state index is 10.7. The molecule has 2 aromatic carbocycles. The number of nitro benzene ring substituents is 1. The van der Waals surface area contributed by atoms with Gasteiger partial charge in [-0.2, -0.15) is 9.62 Å². The number of benzene rings is 2. The fourth-order valence-electron chi connectivity index (χ4n) is 2.63. The maximum Gasteiger partial charge on any atom is 0.269 e. The summed E-state index contributed by atoms with van der Waals surface area (Å²) in [7, 11) is 0. The van der Waals surface area contributed by atoms with Crippen LogP contribution < -0.4 is 5.43 Å². The monoisotopic (exact) mass is 347 g/mol. The Morgan fingerprint density at radius 1 is 1.15 bits per heavy atom. The third kappa shape index (κ3) is 2.71. The second-order valence-corrected chi connectivity index (χ2v) is 5.61. The topological polar surface area (TPSA) is 111 Å². The summed E-state index contributed by atoms with van der Waals surface area (Å²) in [6, 6.07) is 13.9. The van der Waals surface area contributed by atoms with Gasteiger partial charge in [0.2, 0.25) is 0 Å². The molecule has 0 radical (unpaired) electrons. The summed E-state index contributed by atoms with van der Waals surface area (Å²) in [6.07, 6.45) is 1.53. The smallest absolute Gasteiger partial charge is 0.259 e. The van der Waals surface area contributed by atoms with E-state index in [9.17, 15) is 10.1 Å². The first kappa shape index (κ1) is 15.6. The first-order valence-electron chi connectivity index (χ1n) is 7.77. The van der Waals surface area contributed by atoms with E-state index in [2.05, 4.69) is 25.8 Å². The molecule has 0 unspecified atom stereocenters. The number of hydrazone groups is 1. The van der Waals surface area contributed by atoms with Crippen LogP contribution in [0.5, 0.6) is 0 Å². The molecule has 0 fully saturated rings. The summed E-state index contributed by atoms with van der Waals surface area (Å²) in [4.78, 5) is 10.3. The van der Waals surface area contributed by atoms with Crippen LogP contribution >= 0.6 is 0 Å². The lowest BCUT2D eigenvalue weighted by Gasteiger charge is -2.07. The van der Waals surface area contributed by atoms with Crippen LogP contribution in [0, 0.1) is 10.1 Å². The fourth-order valence-corrected chi connectivity index (χ4v) is 2.63. The van der Waals surface area contributed by atoms with Gasteiger partial charge in [-0.3, -0.25) is 15.5 Å². The van der Waals surface area contributed by atoms with Gasteiger partial charge in [-0.15, -0.1) is 15.3 Å². The Hall–Kier alpha value is -3.88. The average molecular weight is 347 g/mol. The third-order valence-corrected chi connectivity index (χ3v) is 3.99. The molecule has 2 heterocycles. The molecule has 0 spiro atoms. The molecule has 0 bridgehead atoms. The lowest BCUT2D eigenvalue weighted by molar-refractivity contribution is -0.384. The molecule has 9 nitrogen and oxygen atoms in total. The zero-order valence-corrected chi connectivity index (χ0v) is 13.7. The molecule has 26 heavy (non-hydrogen) atoms. The highest BCUT2D eigenvalue weighted by Gasteiger charge is 2.10. The fraction of sp³-hybridized carbons (Fsp3) is 0.0588. The summed E-state index contributed by atoms with van der Waals surface area (Å²) >= 11 is 0.